The van der Waals surface area contributed by atoms with E-state index in [1.165, 1.54) is 6.07 Å². The molecule has 13 rings (SSSR count). The first kappa shape index (κ1) is 45.4. The number of hydrogen-bond donors (Lipinski definition) is 0. The summed E-state index contributed by atoms with van der Waals surface area (Å²) < 4.78 is 50.0. The molecular weight excluding hydrogens is 948 g/mol. The Hall–Kier alpha value is -10.4. The molecule has 3 aromatic heterocycles. The highest BCUT2D eigenvalue weighted by atomic mass is 19.4. The molecule has 0 aliphatic carbocycles. The first-order valence-corrected chi connectivity index (χ1v) is 24.5. The van der Waals surface area contributed by atoms with Gasteiger partial charge in [-0.15, -0.1) is 0 Å². The Morgan fingerprint density at radius 3 is 1.24 bits per heavy atom. The van der Waals surface area contributed by atoms with Gasteiger partial charge in [0, 0.05) is 49.4 Å². The summed E-state index contributed by atoms with van der Waals surface area (Å²) in [4.78, 5) is 15.2. The molecule has 10 heteroatoms. The molecule has 0 N–H and O–H groups in total. The van der Waals surface area contributed by atoms with Crippen molar-refractivity contribution in [3.63, 3.8) is 0 Å². The van der Waals surface area contributed by atoms with Crippen LogP contribution in [-0.4, -0.2) is 24.1 Å². The zero-order valence-corrected chi connectivity index (χ0v) is 40.2. The van der Waals surface area contributed by atoms with Gasteiger partial charge in [-0.25, -0.2) is 15.0 Å². The lowest BCUT2D eigenvalue weighted by atomic mass is 9.96. The standard InChI is InChI=1S/C66H38F3N7/c67-66(68,69)50-30-31-53(62(38-50)76-58-18-10-8-16-52(58)55-36-48(28-33-61(55)76)44-25-21-42(40-71)22-26-44)56-37-49(65-73-63(45-11-3-1-4-12-45)72-64(74-65)46-13-5-2-6-14-46)29-34-60(56)75-57-17-9-7-15-51(57)54-35-47(27-32-59(54)75)43-23-19-41(39-70)20-24-43/h1-38H. The quantitative estimate of drug-likeness (QED) is 0.151. The zero-order chi connectivity index (χ0) is 51.5. The van der Waals surface area contributed by atoms with Gasteiger partial charge in [0.25, 0.3) is 0 Å². The predicted molar refractivity (Wildman–Crippen MR) is 296 cm³/mol. The molecule has 76 heavy (non-hydrogen) atoms. The van der Waals surface area contributed by atoms with Gasteiger partial charge in [0.2, 0.25) is 0 Å². The normalized spacial score (nSPS) is 11.6. The van der Waals surface area contributed by atoms with E-state index in [4.69, 9.17) is 15.0 Å². The van der Waals surface area contributed by atoms with Crippen LogP contribution in [0.15, 0.2) is 231 Å². The minimum atomic E-state index is -4.68. The summed E-state index contributed by atoms with van der Waals surface area (Å²) in [6, 6.07) is 76.8. The van der Waals surface area contributed by atoms with Crippen LogP contribution in [-0.2, 0) is 6.18 Å². The Morgan fingerprint density at radius 1 is 0.329 bits per heavy atom. The lowest BCUT2D eigenvalue weighted by Gasteiger charge is -2.21. The van der Waals surface area contributed by atoms with Gasteiger partial charge in [0.1, 0.15) is 0 Å². The van der Waals surface area contributed by atoms with Gasteiger partial charge in [0.05, 0.1) is 62.3 Å². The van der Waals surface area contributed by atoms with Crippen molar-refractivity contribution in [1.29, 1.82) is 10.5 Å². The summed E-state index contributed by atoms with van der Waals surface area (Å²) in [5.74, 6) is 1.32. The van der Waals surface area contributed by atoms with Crippen LogP contribution >= 0.6 is 0 Å². The molecule has 0 atom stereocenters. The number of benzene rings is 10. The third-order valence-electron chi connectivity index (χ3n) is 14.1. The number of aromatic nitrogens is 5. The van der Waals surface area contributed by atoms with Crippen LogP contribution in [0.1, 0.15) is 16.7 Å². The number of rotatable bonds is 8. The van der Waals surface area contributed by atoms with Crippen LogP contribution in [0.2, 0.25) is 0 Å². The number of nitriles is 2. The van der Waals surface area contributed by atoms with Gasteiger partial charge in [-0.3, -0.25) is 0 Å². The lowest BCUT2D eigenvalue weighted by Crippen LogP contribution is -2.08. The fourth-order valence-corrected chi connectivity index (χ4v) is 10.4. The summed E-state index contributed by atoms with van der Waals surface area (Å²) >= 11 is 0. The van der Waals surface area contributed by atoms with Crippen LogP contribution < -0.4 is 0 Å². The van der Waals surface area contributed by atoms with Crippen molar-refractivity contribution in [3.8, 4) is 91.1 Å². The van der Waals surface area contributed by atoms with Gasteiger partial charge < -0.3 is 9.13 Å². The fourth-order valence-electron chi connectivity index (χ4n) is 10.4. The topological polar surface area (TPSA) is 96.1 Å². The molecule has 0 spiro atoms. The average molecular weight is 986 g/mol. The van der Waals surface area contributed by atoms with E-state index in [1.807, 2.05) is 168 Å². The fraction of sp³-hybridized carbons (Fsp3) is 0.0152. The lowest BCUT2D eigenvalue weighted by molar-refractivity contribution is -0.137. The van der Waals surface area contributed by atoms with Crippen LogP contribution in [0, 0.1) is 22.7 Å². The van der Waals surface area contributed by atoms with Crippen molar-refractivity contribution < 1.29 is 13.2 Å². The van der Waals surface area contributed by atoms with Crippen LogP contribution in [0.25, 0.3) is 123 Å². The largest absolute Gasteiger partial charge is 0.416 e. The highest BCUT2D eigenvalue weighted by Crippen LogP contribution is 2.45. The van der Waals surface area contributed by atoms with E-state index < -0.39 is 11.7 Å². The molecule has 358 valence electrons. The van der Waals surface area contributed by atoms with Crippen molar-refractivity contribution in [2.45, 2.75) is 6.18 Å². The molecule has 3 heterocycles. The van der Waals surface area contributed by atoms with Crippen molar-refractivity contribution in [2.75, 3.05) is 0 Å². The predicted octanol–water partition coefficient (Wildman–Crippen LogP) is 16.8. The molecule has 0 aliphatic heterocycles. The Balaban J connectivity index is 1.11. The second kappa shape index (κ2) is 18.3. The number of fused-ring (bicyclic) bond motifs is 6. The molecule has 0 saturated carbocycles. The van der Waals surface area contributed by atoms with Gasteiger partial charge in [-0.05, 0) is 113 Å². The monoisotopic (exact) mass is 985 g/mol. The SMILES string of the molecule is N#Cc1ccc(-c2ccc3c(c2)c2ccccc2n3-c2ccc(-c3nc(-c4ccccc4)nc(-c4ccccc4)n3)cc2-c2ccc(C(F)(F)F)cc2-n2c3ccccc3c3cc(-c4ccc(C#N)cc4)ccc32)cc1. The molecular formula is C66H38F3N7. The number of para-hydroxylation sites is 2. The van der Waals surface area contributed by atoms with Crippen LogP contribution in [0.5, 0.6) is 0 Å². The summed E-state index contributed by atoms with van der Waals surface area (Å²) in [5.41, 5.74) is 11.6. The maximum absolute atomic E-state index is 15.3. The minimum absolute atomic E-state index is 0.319. The molecule has 0 fully saturated rings. The number of halogens is 3. The molecule has 13 aromatic rings. The van der Waals surface area contributed by atoms with Crippen molar-refractivity contribution >= 4 is 43.6 Å². The van der Waals surface area contributed by atoms with E-state index in [0.29, 0.717) is 62.2 Å². The summed E-state index contributed by atoms with van der Waals surface area (Å²) in [6.45, 7) is 0. The molecule has 0 unspecified atom stereocenters. The first-order chi connectivity index (χ1) is 37.2. The van der Waals surface area contributed by atoms with Crippen molar-refractivity contribution in [2.24, 2.45) is 0 Å². The van der Waals surface area contributed by atoms with E-state index in [1.54, 1.807) is 18.2 Å². The van der Waals surface area contributed by atoms with E-state index in [-0.39, 0.29) is 0 Å². The summed E-state index contributed by atoms with van der Waals surface area (Å²) in [6.07, 6.45) is -4.68. The molecule has 0 bridgehead atoms. The van der Waals surface area contributed by atoms with Crippen LogP contribution in [0.3, 0.4) is 0 Å². The number of nitrogens with zero attached hydrogens (tertiary/aromatic N) is 7. The van der Waals surface area contributed by atoms with Gasteiger partial charge in [0.15, 0.2) is 17.5 Å². The molecule has 0 saturated heterocycles. The van der Waals surface area contributed by atoms with Crippen molar-refractivity contribution in [1.82, 2.24) is 24.1 Å². The second-order valence-electron chi connectivity index (χ2n) is 18.5. The smallest absolute Gasteiger partial charge is 0.309 e. The number of hydrogen-bond acceptors (Lipinski definition) is 5. The molecule has 0 radical (unpaired) electrons. The Kier molecular flexibility index (Phi) is 10.9. The van der Waals surface area contributed by atoms with E-state index in [9.17, 15) is 10.5 Å². The van der Waals surface area contributed by atoms with Gasteiger partial charge in [-0.2, -0.15) is 23.7 Å². The first-order valence-electron chi connectivity index (χ1n) is 24.5. The minimum Gasteiger partial charge on any atom is -0.309 e. The van der Waals surface area contributed by atoms with E-state index in [2.05, 4.69) is 53.1 Å². The van der Waals surface area contributed by atoms with E-state index in [0.717, 1.165) is 77.5 Å². The summed E-state index contributed by atoms with van der Waals surface area (Å²) in [7, 11) is 0. The molecule has 10 aromatic carbocycles. The van der Waals surface area contributed by atoms with Crippen molar-refractivity contribution in [3.05, 3.63) is 247 Å². The Bertz CT molecular complexity index is 4450. The second-order valence-corrected chi connectivity index (χ2v) is 18.5. The average Bonchev–Trinajstić information content (AvgIpc) is 4.05. The third kappa shape index (κ3) is 7.90. The van der Waals surface area contributed by atoms with Crippen LogP contribution in [0.4, 0.5) is 13.2 Å². The third-order valence-corrected chi connectivity index (χ3v) is 14.1. The Morgan fingerprint density at radius 2 is 0.750 bits per heavy atom. The molecule has 7 nitrogen and oxygen atoms in total. The van der Waals surface area contributed by atoms with E-state index >= 15 is 13.2 Å². The van der Waals surface area contributed by atoms with Gasteiger partial charge >= 0.3 is 6.18 Å². The molecule has 0 amide bonds. The number of alkyl halides is 3. The molecule has 0 aliphatic rings. The highest BCUT2D eigenvalue weighted by molar-refractivity contribution is 6.13. The highest BCUT2D eigenvalue weighted by Gasteiger charge is 2.33. The zero-order valence-electron chi connectivity index (χ0n) is 40.2. The maximum Gasteiger partial charge on any atom is 0.416 e. The summed E-state index contributed by atoms with van der Waals surface area (Å²) in [5, 5.41) is 22.7. The maximum atomic E-state index is 15.3. The van der Waals surface area contributed by atoms with Gasteiger partial charge in [-0.1, -0.05) is 140 Å². The Labute approximate surface area is 433 Å².